The fourth-order valence-electron chi connectivity index (χ4n) is 3.42. The van der Waals surface area contributed by atoms with Crippen LogP contribution in [0.4, 0.5) is 18.9 Å². The predicted molar refractivity (Wildman–Crippen MR) is 92.4 cm³/mol. The zero-order valence-corrected chi connectivity index (χ0v) is 14.3. The molecule has 2 aliphatic rings. The van der Waals surface area contributed by atoms with Gasteiger partial charge >= 0.3 is 6.61 Å². The Morgan fingerprint density at radius 1 is 1.19 bits per heavy atom. The van der Waals surface area contributed by atoms with Crippen molar-refractivity contribution >= 4 is 11.6 Å². The minimum absolute atomic E-state index is 0.0510. The number of anilines is 1. The molecule has 0 saturated carbocycles. The van der Waals surface area contributed by atoms with Crippen LogP contribution < -0.4 is 10.1 Å². The molecule has 1 N–H and O–H groups in total. The standard InChI is InChI=1S/C19H17F3N2O3/c20-13-5-12(6-15(8-13)27-19(21)22)11-1-2-16-17(7-11)23-10-24(18(16)25)14-3-4-26-9-14/h1-2,5-8,14,19,23H,3-4,9-10H2/t14-/m0/s1. The van der Waals surface area contributed by atoms with Crippen LogP contribution in [0.2, 0.25) is 0 Å². The second-order valence-corrected chi connectivity index (χ2v) is 6.44. The van der Waals surface area contributed by atoms with Gasteiger partial charge in [0.05, 0.1) is 24.9 Å². The van der Waals surface area contributed by atoms with Crippen LogP contribution in [0.1, 0.15) is 16.8 Å². The van der Waals surface area contributed by atoms with E-state index in [1.54, 1.807) is 23.1 Å². The number of ether oxygens (including phenoxy) is 2. The van der Waals surface area contributed by atoms with Crippen LogP contribution in [0, 0.1) is 5.82 Å². The fraction of sp³-hybridized carbons (Fsp3) is 0.316. The fourth-order valence-corrected chi connectivity index (χ4v) is 3.42. The van der Waals surface area contributed by atoms with E-state index < -0.39 is 12.4 Å². The SMILES string of the molecule is O=C1c2ccc(-c3cc(F)cc(OC(F)F)c3)cc2NCN1[C@H]1CCOC1. The summed E-state index contributed by atoms with van der Waals surface area (Å²) in [7, 11) is 0. The van der Waals surface area contributed by atoms with E-state index in [9.17, 15) is 18.0 Å². The molecule has 0 unspecified atom stereocenters. The molecular formula is C19H17F3N2O3. The molecule has 27 heavy (non-hydrogen) atoms. The highest BCUT2D eigenvalue weighted by Crippen LogP contribution is 2.32. The summed E-state index contributed by atoms with van der Waals surface area (Å²) in [6, 6.07) is 8.54. The van der Waals surface area contributed by atoms with E-state index >= 15 is 0 Å². The van der Waals surface area contributed by atoms with Crippen molar-refractivity contribution in [2.24, 2.45) is 0 Å². The van der Waals surface area contributed by atoms with E-state index in [1.807, 2.05) is 0 Å². The number of fused-ring (bicyclic) bond motifs is 1. The molecule has 0 bridgehead atoms. The number of nitrogens with zero attached hydrogens (tertiary/aromatic N) is 1. The largest absolute Gasteiger partial charge is 0.435 e. The Hall–Kier alpha value is -2.74. The zero-order valence-electron chi connectivity index (χ0n) is 14.3. The van der Waals surface area contributed by atoms with Crippen LogP contribution in [-0.4, -0.2) is 43.3 Å². The van der Waals surface area contributed by atoms with Gasteiger partial charge in [-0.3, -0.25) is 4.79 Å². The van der Waals surface area contributed by atoms with E-state index in [0.29, 0.717) is 42.3 Å². The third kappa shape index (κ3) is 3.57. The van der Waals surface area contributed by atoms with Gasteiger partial charge in [0.1, 0.15) is 11.6 Å². The molecule has 142 valence electrons. The lowest BCUT2D eigenvalue weighted by atomic mass is 9.99. The second-order valence-electron chi connectivity index (χ2n) is 6.44. The molecule has 5 nitrogen and oxygen atoms in total. The highest BCUT2D eigenvalue weighted by Gasteiger charge is 2.32. The number of benzene rings is 2. The van der Waals surface area contributed by atoms with Crippen molar-refractivity contribution in [3.8, 4) is 16.9 Å². The molecule has 1 atom stereocenters. The number of carbonyl (C=O) groups is 1. The highest BCUT2D eigenvalue weighted by molar-refractivity contribution is 6.02. The first kappa shape index (κ1) is 17.7. The van der Waals surface area contributed by atoms with Gasteiger partial charge in [-0.1, -0.05) is 6.07 Å². The molecule has 2 aromatic rings. The first-order chi connectivity index (χ1) is 13.0. The van der Waals surface area contributed by atoms with Gasteiger partial charge in [-0.2, -0.15) is 8.78 Å². The number of hydrogen-bond donors (Lipinski definition) is 1. The van der Waals surface area contributed by atoms with Gasteiger partial charge < -0.3 is 19.7 Å². The first-order valence-electron chi connectivity index (χ1n) is 8.53. The Morgan fingerprint density at radius 2 is 2.04 bits per heavy atom. The van der Waals surface area contributed by atoms with Crippen molar-refractivity contribution in [1.82, 2.24) is 4.90 Å². The van der Waals surface area contributed by atoms with Gasteiger partial charge in [0.15, 0.2) is 0 Å². The molecule has 1 amide bonds. The number of carbonyl (C=O) groups excluding carboxylic acids is 1. The predicted octanol–water partition coefficient (Wildman–Crippen LogP) is 3.71. The second kappa shape index (κ2) is 7.11. The Labute approximate surface area is 153 Å². The summed E-state index contributed by atoms with van der Waals surface area (Å²) in [4.78, 5) is 14.5. The molecule has 2 aromatic carbocycles. The molecule has 0 aromatic heterocycles. The van der Waals surface area contributed by atoms with E-state index in [1.165, 1.54) is 12.1 Å². The maximum atomic E-state index is 13.8. The van der Waals surface area contributed by atoms with Gasteiger partial charge in [0.2, 0.25) is 0 Å². The number of hydrogen-bond acceptors (Lipinski definition) is 4. The van der Waals surface area contributed by atoms with Crippen LogP contribution in [0.15, 0.2) is 36.4 Å². The Kier molecular flexibility index (Phi) is 4.65. The third-order valence-electron chi connectivity index (χ3n) is 4.73. The summed E-state index contributed by atoms with van der Waals surface area (Å²) in [5.74, 6) is -1.03. The van der Waals surface area contributed by atoms with Gasteiger partial charge in [-0.05, 0) is 41.8 Å². The quantitative estimate of drug-likeness (QED) is 0.881. The molecule has 0 spiro atoms. The normalized spacial score (nSPS) is 19.2. The van der Waals surface area contributed by atoms with Gasteiger partial charge in [0.25, 0.3) is 5.91 Å². The van der Waals surface area contributed by atoms with Gasteiger partial charge in [-0.15, -0.1) is 0 Å². The molecule has 0 aliphatic carbocycles. The number of amides is 1. The van der Waals surface area contributed by atoms with E-state index in [4.69, 9.17) is 4.74 Å². The third-order valence-corrected chi connectivity index (χ3v) is 4.73. The van der Waals surface area contributed by atoms with Crippen LogP contribution >= 0.6 is 0 Å². The highest BCUT2D eigenvalue weighted by atomic mass is 19.3. The zero-order chi connectivity index (χ0) is 19.0. The lowest BCUT2D eigenvalue weighted by Gasteiger charge is -2.33. The molecule has 1 fully saturated rings. The monoisotopic (exact) mass is 378 g/mol. The smallest absolute Gasteiger partial charge is 0.387 e. The lowest BCUT2D eigenvalue weighted by molar-refractivity contribution is -0.0499. The van der Waals surface area contributed by atoms with E-state index in [0.717, 1.165) is 12.5 Å². The summed E-state index contributed by atoms with van der Waals surface area (Å²) in [6.07, 6.45) is 0.803. The number of nitrogens with one attached hydrogen (secondary N) is 1. The maximum Gasteiger partial charge on any atom is 0.387 e. The first-order valence-corrected chi connectivity index (χ1v) is 8.53. The minimum atomic E-state index is -3.03. The average molecular weight is 378 g/mol. The van der Waals surface area contributed by atoms with Gasteiger partial charge in [0, 0.05) is 18.4 Å². The number of alkyl halides is 2. The van der Waals surface area contributed by atoms with E-state index in [-0.39, 0.29) is 17.7 Å². The molecule has 8 heteroatoms. The van der Waals surface area contributed by atoms with Crippen molar-refractivity contribution < 1.29 is 27.4 Å². The Bertz CT molecular complexity index is 869. The van der Waals surface area contributed by atoms with Crippen molar-refractivity contribution in [2.45, 2.75) is 19.1 Å². The minimum Gasteiger partial charge on any atom is -0.435 e. The summed E-state index contributed by atoms with van der Waals surface area (Å²) in [5, 5.41) is 3.20. The average Bonchev–Trinajstić information content (AvgIpc) is 3.15. The molecule has 4 rings (SSSR count). The molecule has 1 saturated heterocycles. The number of rotatable bonds is 4. The van der Waals surface area contributed by atoms with Gasteiger partial charge in [-0.25, -0.2) is 4.39 Å². The Morgan fingerprint density at radius 3 is 2.78 bits per heavy atom. The number of halogens is 3. The van der Waals surface area contributed by atoms with Crippen molar-refractivity contribution in [2.75, 3.05) is 25.2 Å². The molecule has 0 radical (unpaired) electrons. The van der Waals surface area contributed by atoms with Crippen molar-refractivity contribution in [3.63, 3.8) is 0 Å². The summed E-state index contributed by atoms with van der Waals surface area (Å²) in [6.45, 7) is -1.51. The van der Waals surface area contributed by atoms with Crippen LogP contribution in [0.3, 0.4) is 0 Å². The summed E-state index contributed by atoms with van der Waals surface area (Å²) >= 11 is 0. The lowest BCUT2D eigenvalue weighted by Crippen LogP contribution is -2.46. The molecule has 2 aliphatic heterocycles. The Balaban J connectivity index is 1.62. The van der Waals surface area contributed by atoms with Crippen LogP contribution in [0.25, 0.3) is 11.1 Å². The topological polar surface area (TPSA) is 50.8 Å². The molecule has 2 heterocycles. The maximum absolute atomic E-state index is 13.8. The van der Waals surface area contributed by atoms with Crippen LogP contribution in [0.5, 0.6) is 5.75 Å². The molecular weight excluding hydrogens is 361 g/mol. The summed E-state index contributed by atoms with van der Waals surface area (Å²) in [5.41, 5.74) is 2.10. The van der Waals surface area contributed by atoms with Crippen LogP contribution in [-0.2, 0) is 4.74 Å². The van der Waals surface area contributed by atoms with E-state index in [2.05, 4.69) is 10.1 Å². The summed E-state index contributed by atoms with van der Waals surface area (Å²) < 4.78 is 48.2. The van der Waals surface area contributed by atoms with Crippen molar-refractivity contribution in [3.05, 3.63) is 47.8 Å². The van der Waals surface area contributed by atoms with Crippen molar-refractivity contribution in [1.29, 1.82) is 0 Å².